The number of likely N-dealkylation sites (tertiary alicyclic amines) is 1. The van der Waals surface area contributed by atoms with Crippen molar-refractivity contribution in [2.75, 3.05) is 13.1 Å². The van der Waals surface area contributed by atoms with E-state index in [1.165, 1.54) is 0 Å². The Morgan fingerprint density at radius 3 is 2.15 bits per heavy atom. The second-order valence-corrected chi connectivity index (χ2v) is 6.96. The molecule has 1 fully saturated rings. The number of carbonyl (C=O) groups excluding carboxylic acids is 2. The van der Waals surface area contributed by atoms with Gasteiger partial charge in [0, 0.05) is 18.7 Å². The fraction of sp³-hybridized carbons (Fsp3) is 0.364. The average molecular weight is 351 g/mol. The largest absolute Gasteiger partial charge is 0.444 e. The van der Waals surface area contributed by atoms with Gasteiger partial charge in [-0.05, 0) is 45.2 Å². The number of benzene rings is 2. The van der Waals surface area contributed by atoms with Crippen LogP contribution in [-0.4, -0.2) is 29.9 Å². The maximum Gasteiger partial charge on any atom is 0.339 e. The Morgan fingerprint density at radius 2 is 1.54 bits per heavy atom. The van der Waals surface area contributed by atoms with Gasteiger partial charge in [-0.25, -0.2) is 4.79 Å². The molecule has 136 valence electrons. The van der Waals surface area contributed by atoms with E-state index in [9.17, 15) is 9.59 Å². The summed E-state index contributed by atoms with van der Waals surface area (Å²) >= 11 is 0. The zero-order valence-corrected chi connectivity index (χ0v) is 15.4. The van der Waals surface area contributed by atoms with Crippen molar-refractivity contribution in [3.63, 3.8) is 0 Å². The molecular weight excluding hydrogens is 326 g/mol. The molecule has 1 aliphatic heterocycles. The standard InChI is InChI=1S/C22H25NO3/c1-16-13-17(2)15-19(14-16)22(25)26-20(18-9-5-3-6-10-18)21(24)23-11-7-4-8-12-23/h3,5-6,9-10,13-15,20H,4,7-8,11-12H2,1-2H3/t20-/m1/s1. The van der Waals surface area contributed by atoms with E-state index < -0.39 is 12.1 Å². The van der Waals surface area contributed by atoms with E-state index in [0.29, 0.717) is 11.1 Å². The second-order valence-electron chi connectivity index (χ2n) is 6.96. The minimum absolute atomic E-state index is 0.131. The minimum Gasteiger partial charge on any atom is -0.444 e. The summed E-state index contributed by atoms with van der Waals surface area (Å²) in [5.74, 6) is -0.593. The summed E-state index contributed by atoms with van der Waals surface area (Å²) in [4.78, 5) is 27.6. The number of rotatable bonds is 4. The van der Waals surface area contributed by atoms with E-state index >= 15 is 0 Å². The maximum absolute atomic E-state index is 13.0. The van der Waals surface area contributed by atoms with Crippen molar-refractivity contribution in [3.8, 4) is 0 Å². The maximum atomic E-state index is 13.0. The fourth-order valence-electron chi connectivity index (χ4n) is 3.44. The van der Waals surface area contributed by atoms with Crippen LogP contribution < -0.4 is 0 Å². The van der Waals surface area contributed by atoms with Crippen LogP contribution in [0.15, 0.2) is 48.5 Å². The molecule has 1 saturated heterocycles. The van der Waals surface area contributed by atoms with Crippen molar-refractivity contribution in [2.45, 2.75) is 39.2 Å². The SMILES string of the molecule is Cc1cc(C)cc(C(=O)O[C@@H](C(=O)N2CCCCC2)c2ccccc2)c1. The summed E-state index contributed by atoms with van der Waals surface area (Å²) in [6.45, 7) is 5.33. The van der Waals surface area contributed by atoms with Crippen LogP contribution >= 0.6 is 0 Å². The summed E-state index contributed by atoms with van der Waals surface area (Å²) in [5.41, 5.74) is 3.18. The number of hydrogen-bond acceptors (Lipinski definition) is 3. The normalized spacial score (nSPS) is 15.4. The van der Waals surface area contributed by atoms with Crippen LogP contribution in [0.3, 0.4) is 0 Å². The molecule has 0 spiro atoms. The van der Waals surface area contributed by atoms with Gasteiger partial charge in [0.05, 0.1) is 5.56 Å². The number of ether oxygens (including phenoxy) is 1. The smallest absolute Gasteiger partial charge is 0.339 e. The molecule has 0 bridgehead atoms. The van der Waals surface area contributed by atoms with Gasteiger partial charge in [0.15, 0.2) is 0 Å². The van der Waals surface area contributed by atoms with Crippen molar-refractivity contribution in [1.82, 2.24) is 4.90 Å². The Morgan fingerprint density at radius 1 is 0.923 bits per heavy atom. The van der Waals surface area contributed by atoms with E-state index in [0.717, 1.165) is 43.5 Å². The van der Waals surface area contributed by atoms with Crippen LogP contribution in [0, 0.1) is 13.8 Å². The molecule has 3 rings (SSSR count). The Balaban J connectivity index is 1.85. The van der Waals surface area contributed by atoms with Gasteiger partial charge in [-0.3, -0.25) is 4.79 Å². The molecule has 26 heavy (non-hydrogen) atoms. The highest BCUT2D eigenvalue weighted by Crippen LogP contribution is 2.24. The monoisotopic (exact) mass is 351 g/mol. The van der Waals surface area contributed by atoms with Crippen LogP contribution in [0.25, 0.3) is 0 Å². The minimum atomic E-state index is -0.900. The topological polar surface area (TPSA) is 46.6 Å². The zero-order chi connectivity index (χ0) is 18.5. The summed E-state index contributed by atoms with van der Waals surface area (Å²) in [5, 5.41) is 0. The summed E-state index contributed by atoms with van der Waals surface area (Å²) < 4.78 is 5.72. The number of piperidine rings is 1. The molecule has 1 atom stereocenters. The van der Waals surface area contributed by atoms with E-state index in [1.807, 2.05) is 55.1 Å². The van der Waals surface area contributed by atoms with Gasteiger partial charge in [0.2, 0.25) is 6.10 Å². The third-order valence-electron chi connectivity index (χ3n) is 4.68. The first kappa shape index (κ1) is 18.2. The van der Waals surface area contributed by atoms with Crippen LogP contribution in [0.2, 0.25) is 0 Å². The van der Waals surface area contributed by atoms with E-state index in [2.05, 4.69) is 0 Å². The van der Waals surface area contributed by atoms with E-state index in [4.69, 9.17) is 4.74 Å². The lowest BCUT2D eigenvalue weighted by Gasteiger charge is -2.30. The summed E-state index contributed by atoms with van der Waals surface area (Å²) in [6.07, 6.45) is 2.24. The predicted octanol–water partition coefficient (Wildman–Crippen LogP) is 4.21. The molecule has 0 N–H and O–H groups in total. The van der Waals surface area contributed by atoms with E-state index in [-0.39, 0.29) is 5.91 Å². The first-order chi connectivity index (χ1) is 12.5. The number of carbonyl (C=O) groups is 2. The fourth-order valence-corrected chi connectivity index (χ4v) is 3.44. The molecule has 0 aromatic heterocycles. The van der Waals surface area contributed by atoms with Gasteiger partial charge in [-0.15, -0.1) is 0 Å². The molecule has 2 aromatic rings. The van der Waals surface area contributed by atoms with Gasteiger partial charge >= 0.3 is 5.97 Å². The molecule has 0 radical (unpaired) electrons. The number of nitrogens with zero attached hydrogens (tertiary/aromatic N) is 1. The van der Waals surface area contributed by atoms with Gasteiger partial charge in [-0.2, -0.15) is 0 Å². The van der Waals surface area contributed by atoms with Crippen LogP contribution in [-0.2, 0) is 9.53 Å². The highest BCUT2D eigenvalue weighted by atomic mass is 16.5. The molecular formula is C22H25NO3. The van der Waals surface area contributed by atoms with Gasteiger partial charge in [-0.1, -0.05) is 47.5 Å². The lowest BCUT2D eigenvalue weighted by Crippen LogP contribution is -2.40. The van der Waals surface area contributed by atoms with Crippen molar-refractivity contribution in [1.29, 1.82) is 0 Å². The van der Waals surface area contributed by atoms with Gasteiger partial charge in [0.25, 0.3) is 5.91 Å². The van der Waals surface area contributed by atoms with Crippen molar-refractivity contribution in [2.24, 2.45) is 0 Å². The first-order valence-electron chi connectivity index (χ1n) is 9.17. The molecule has 0 aliphatic carbocycles. The quantitative estimate of drug-likeness (QED) is 0.775. The van der Waals surface area contributed by atoms with Crippen LogP contribution in [0.1, 0.15) is 52.4 Å². The van der Waals surface area contributed by atoms with Crippen molar-refractivity contribution >= 4 is 11.9 Å². The van der Waals surface area contributed by atoms with E-state index in [1.54, 1.807) is 12.1 Å². The zero-order valence-electron chi connectivity index (χ0n) is 15.4. The molecule has 0 saturated carbocycles. The Kier molecular flexibility index (Phi) is 5.71. The molecule has 0 unspecified atom stereocenters. The molecule has 4 nitrogen and oxygen atoms in total. The average Bonchev–Trinajstić information content (AvgIpc) is 2.66. The molecule has 1 amide bonds. The van der Waals surface area contributed by atoms with Crippen molar-refractivity contribution in [3.05, 3.63) is 70.8 Å². The number of esters is 1. The highest BCUT2D eigenvalue weighted by molar-refractivity contribution is 5.93. The lowest BCUT2D eigenvalue weighted by molar-refractivity contribution is -0.142. The molecule has 4 heteroatoms. The molecule has 1 heterocycles. The Hall–Kier alpha value is -2.62. The van der Waals surface area contributed by atoms with Gasteiger partial charge in [0.1, 0.15) is 0 Å². The summed E-state index contributed by atoms with van der Waals surface area (Å²) in [6, 6.07) is 14.9. The van der Waals surface area contributed by atoms with Crippen molar-refractivity contribution < 1.29 is 14.3 Å². The van der Waals surface area contributed by atoms with Gasteiger partial charge < -0.3 is 9.64 Å². The second kappa shape index (κ2) is 8.17. The Labute approximate surface area is 154 Å². The van der Waals surface area contributed by atoms with Crippen LogP contribution in [0.5, 0.6) is 0 Å². The lowest BCUT2D eigenvalue weighted by atomic mass is 10.0. The number of hydrogen-bond donors (Lipinski definition) is 0. The summed E-state index contributed by atoms with van der Waals surface area (Å²) in [7, 11) is 0. The molecule has 2 aromatic carbocycles. The number of amides is 1. The Bertz CT molecular complexity index is 759. The predicted molar refractivity (Wildman–Crippen MR) is 101 cm³/mol. The third-order valence-corrected chi connectivity index (χ3v) is 4.68. The highest BCUT2D eigenvalue weighted by Gasteiger charge is 2.30. The molecule has 1 aliphatic rings. The number of aryl methyl sites for hydroxylation is 2. The first-order valence-corrected chi connectivity index (χ1v) is 9.17. The third kappa shape index (κ3) is 4.31. The van der Waals surface area contributed by atoms with Crippen LogP contribution in [0.4, 0.5) is 0 Å².